The van der Waals surface area contributed by atoms with Crippen molar-refractivity contribution >= 4 is 27.5 Å². The zero-order valence-electron chi connectivity index (χ0n) is 16.4. The first-order valence-corrected chi connectivity index (χ1v) is 10.8. The van der Waals surface area contributed by atoms with Crippen LogP contribution in [0, 0.1) is 13.8 Å². The van der Waals surface area contributed by atoms with E-state index in [2.05, 4.69) is 0 Å². The van der Waals surface area contributed by atoms with Gasteiger partial charge in [-0.2, -0.15) is 0 Å². The maximum Gasteiger partial charge on any atom is 0.338 e. The molecule has 0 fully saturated rings. The van der Waals surface area contributed by atoms with Gasteiger partial charge in [-0.15, -0.1) is 0 Å². The molecule has 28 heavy (non-hydrogen) atoms. The molecule has 7 heteroatoms. The number of esters is 1. The number of hydrogen-bond donors (Lipinski definition) is 0. The molecule has 1 heterocycles. The van der Waals surface area contributed by atoms with Crippen molar-refractivity contribution in [2.45, 2.75) is 33.2 Å². The highest BCUT2D eigenvalue weighted by molar-refractivity contribution is 7.92. The summed E-state index contributed by atoms with van der Waals surface area (Å²) in [6.45, 7) is 5.24. The van der Waals surface area contributed by atoms with Crippen LogP contribution < -0.4 is 4.31 Å². The molecule has 0 amide bonds. The molecule has 3 rings (SSSR count). The van der Waals surface area contributed by atoms with E-state index >= 15 is 0 Å². The molecular formula is C21H23NO5S. The number of ketones is 1. The van der Waals surface area contributed by atoms with Crippen molar-refractivity contribution in [3.63, 3.8) is 0 Å². The van der Waals surface area contributed by atoms with Crippen molar-refractivity contribution in [2.24, 2.45) is 0 Å². The summed E-state index contributed by atoms with van der Waals surface area (Å²) in [5.41, 5.74) is 4.09. The number of anilines is 1. The second kappa shape index (κ2) is 7.39. The van der Waals surface area contributed by atoms with Crippen LogP contribution in [-0.2, 0) is 21.2 Å². The van der Waals surface area contributed by atoms with Gasteiger partial charge in [0, 0.05) is 11.6 Å². The lowest BCUT2D eigenvalue weighted by molar-refractivity contribution is 0.0474. The highest BCUT2D eigenvalue weighted by Crippen LogP contribution is 2.34. The van der Waals surface area contributed by atoms with Crippen LogP contribution in [0.25, 0.3) is 0 Å². The van der Waals surface area contributed by atoms with Crippen LogP contribution in [-0.4, -0.2) is 39.1 Å². The number of carbonyl (C=O) groups is 2. The Hall–Kier alpha value is -2.67. The molecule has 1 aliphatic heterocycles. The normalized spacial score (nSPS) is 16.0. The molecule has 2 aromatic carbocycles. The van der Waals surface area contributed by atoms with Gasteiger partial charge in [-0.05, 0) is 63.1 Å². The summed E-state index contributed by atoms with van der Waals surface area (Å²) in [6, 6.07) is 10.1. The minimum absolute atomic E-state index is 0.197. The van der Waals surface area contributed by atoms with E-state index in [4.69, 9.17) is 4.74 Å². The molecule has 2 aromatic rings. The SMILES string of the molecule is Cc1cc(C)cc(C(=O)OCC(=O)c2ccc3c(c2)C[C@@H](C)N3S(C)(=O)=O)c1. The standard InChI is InChI=1S/C21H23NO5S/c1-13-7-14(2)9-18(8-13)21(24)27-12-20(23)16-5-6-19-17(11-16)10-15(3)22(19)28(4,25)26/h5-9,11,15H,10,12H2,1-4H3/t15-/m1/s1. The fourth-order valence-corrected chi connectivity index (χ4v) is 4.94. The van der Waals surface area contributed by atoms with Crippen molar-refractivity contribution in [3.05, 3.63) is 64.2 Å². The zero-order valence-corrected chi connectivity index (χ0v) is 17.2. The van der Waals surface area contributed by atoms with E-state index in [1.807, 2.05) is 26.8 Å². The Morgan fingerprint density at radius 2 is 1.71 bits per heavy atom. The quantitative estimate of drug-likeness (QED) is 0.568. The first-order chi connectivity index (χ1) is 13.1. The van der Waals surface area contributed by atoms with E-state index in [1.54, 1.807) is 30.3 Å². The number of ether oxygens (including phenoxy) is 1. The topological polar surface area (TPSA) is 80.8 Å². The first kappa shape index (κ1) is 20.1. The summed E-state index contributed by atoms with van der Waals surface area (Å²) < 4.78 is 30.5. The Bertz CT molecular complexity index is 1040. The van der Waals surface area contributed by atoms with Gasteiger partial charge in [0.25, 0.3) is 0 Å². The van der Waals surface area contributed by atoms with E-state index in [1.165, 1.54) is 10.6 Å². The molecule has 0 saturated carbocycles. The van der Waals surface area contributed by atoms with E-state index in [9.17, 15) is 18.0 Å². The van der Waals surface area contributed by atoms with Gasteiger partial charge >= 0.3 is 5.97 Å². The van der Waals surface area contributed by atoms with Gasteiger partial charge in [-0.1, -0.05) is 17.2 Å². The smallest absolute Gasteiger partial charge is 0.338 e. The van der Waals surface area contributed by atoms with Crippen molar-refractivity contribution in [2.75, 3.05) is 17.2 Å². The van der Waals surface area contributed by atoms with Gasteiger partial charge in [-0.25, -0.2) is 13.2 Å². The molecular weight excluding hydrogens is 378 g/mol. The summed E-state index contributed by atoms with van der Waals surface area (Å²) >= 11 is 0. The van der Waals surface area contributed by atoms with E-state index in [-0.39, 0.29) is 18.4 Å². The first-order valence-electron chi connectivity index (χ1n) is 8.97. The summed E-state index contributed by atoms with van der Waals surface area (Å²) in [4.78, 5) is 24.7. The van der Waals surface area contributed by atoms with Gasteiger partial charge in [0.05, 0.1) is 17.5 Å². The van der Waals surface area contributed by atoms with Crippen LogP contribution in [0.5, 0.6) is 0 Å². The molecule has 0 saturated heterocycles. The van der Waals surface area contributed by atoms with Gasteiger partial charge in [0.15, 0.2) is 12.4 Å². The van der Waals surface area contributed by atoms with Gasteiger partial charge in [0.2, 0.25) is 10.0 Å². The second-order valence-electron chi connectivity index (χ2n) is 7.33. The summed E-state index contributed by atoms with van der Waals surface area (Å²) in [6.07, 6.45) is 1.70. The monoisotopic (exact) mass is 401 g/mol. The number of benzene rings is 2. The van der Waals surface area contributed by atoms with Gasteiger partial charge < -0.3 is 4.74 Å². The Kier molecular flexibility index (Phi) is 5.30. The lowest BCUT2D eigenvalue weighted by Crippen LogP contribution is -2.34. The third-order valence-corrected chi connectivity index (χ3v) is 5.97. The van der Waals surface area contributed by atoms with Crippen LogP contribution in [0.2, 0.25) is 0 Å². The van der Waals surface area contributed by atoms with Crippen LogP contribution in [0.15, 0.2) is 36.4 Å². The number of carbonyl (C=O) groups excluding carboxylic acids is 2. The molecule has 0 spiro atoms. The zero-order chi connectivity index (χ0) is 20.6. The lowest BCUT2D eigenvalue weighted by atomic mass is 10.0. The maximum atomic E-state index is 12.5. The molecule has 0 aromatic heterocycles. The highest BCUT2D eigenvalue weighted by Gasteiger charge is 2.32. The predicted octanol–water partition coefficient (Wildman–Crippen LogP) is 3.05. The molecule has 1 atom stereocenters. The van der Waals surface area contributed by atoms with Crippen molar-refractivity contribution in [1.82, 2.24) is 0 Å². The number of fused-ring (bicyclic) bond motifs is 1. The molecule has 1 aliphatic rings. The Morgan fingerprint density at radius 1 is 1.07 bits per heavy atom. The third kappa shape index (κ3) is 4.09. The van der Waals surface area contributed by atoms with Gasteiger partial charge in [0.1, 0.15) is 0 Å². The summed E-state index contributed by atoms with van der Waals surface area (Å²) in [5.74, 6) is -0.871. The fourth-order valence-electron chi connectivity index (χ4n) is 3.67. The number of nitrogens with zero attached hydrogens (tertiary/aromatic N) is 1. The van der Waals surface area contributed by atoms with Crippen LogP contribution >= 0.6 is 0 Å². The second-order valence-corrected chi connectivity index (χ2v) is 9.19. The molecule has 148 valence electrons. The fraction of sp³-hybridized carbons (Fsp3) is 0.333. The average Bonchev–Trinajstić information content (AvgIpc) is 2.93. The lowest BCUT2D eigenvalue weighted by Gasteiger charge is -2.21. The van der Waals surface area contributed by atoms with Crippen LogP contribution in [0.4, 0.5) is 5.69 Å². The molecule has 6 nitrogen and oxygen atoms in total. The molecule has 0 bridgehead atoms. The number of rotatable bonds is 5. The molecule has 0 N–H and O–H groups in total. The predicted molar refractivity (Wildman–Crippen MR) is 107 cm³/mol. The van der Waals surface area contributed by atoms with E-state index in [0.717, 1.165) is 16.7 Å². The minimum atomic E-state index is -3.38. The van der Waals surface area contributed by atoms with E-state index in [0.29, 0.717) is 23.2 Å². The number of aryl methyl sites for hydroxylation is 2. The number of hydrogen-bond acceptors (Lipinski definition) is 5. The molecule has 0 unspecified atom stereocenters. The average molecular weight is 401 g/mol. The maximum absolute atomic E-state index is 12.5. The molecule has 0 radical (unpaired) electrons. The van der Waals surface area contributed by atoms with Crippen LogP contribution in [0.1, 0.15) is 44.3 Å². The Balaban J connectivity index is 1.72. The largest absolute Gasteiger partial charge is 0.454 e. The summed E-state index contributed by atoms with van der Waals surface area (Å²) in [7, 11) is -3.38. The minimum Gasteiger partial charge on any atom is -0.454 e. The van der Waals surface area contributed by atoms with Gasteiger partial charge in [-0.3, -0.25) is 9.10 Å². The number of sulfonamides is 1. The third-order valence-electron chi connectivity index (χ3n) is 4.70. The summed E-state index contributed by atoms with van der Waals surface area (Å²) in [5, 5.41) is 0. The van der Waals surface area contributed by atoms with Crippen LogP contribution in [0.3, 0.4) is 0 Å². The van der Waals surface area contributed by atoms with E-state index < -0.39 is 16.0 Å². The van der Waals surface area contributed by atoms with Crippen molar-refractivity contribution in [3.8, 4) is 0 Å². The van der Waals surface area contributed by atoms with Crippen molar-refractivity contribution < 1.29 is 22.7 Å². The Labute approximate surface area is 165 Å². The molecule has 0 aliphatic carbocycles. The highest BCUT2D eigenvalue weighted by atomic mass is 32.2. The Morgan fingerprint density at radius 3 is 2.32 bits per heavy atom. The van der Waals surface area contributed by atoms with Crippen molar-refractivity contribution in [1.29, 1.82) is 0 Å². The number of Topliss-reactive ketones (excluding diaryl/α,β-unsaturated/α-hetero) is 1.